The van der Waals surface area contributed by atoms with Crippen LogP contribution in [0.4, 0.5) is 0 Å². The van der Waals surface area contributed by atoms with Crippen molar-refractivity contribution in [3.63, 3.8) is 0 Å². The molecule has 76 valence electrons. The highest BCUT2D eigenvalue weighted by Gasteiger charge is 2.18. The van der Waals surface area contributed by atoms with Crippen LogP contribution in [0.15, 0.2) is 16.6 Å². The minimum Gasteiger partial charge on any atom is -0.496 e. The van der Waals surface area contributed by atoms with Gasteiger partial charge in [0, 0.05) is 6.04 Å². The predicted molar refractivity (Wildman–Crippen MR) is 60.6 cm³/mol. The lowest BCUT2D eigenvalue weighted by molar-refractivity contribution is 0.410. The second-order valence-corrected chi connectivity index (χ2v) is 4.54. The molecule has 3 heteroatoms. The number of halogens is 1. The highest BCUT2D eigenvalue weighted by atomic mass is 79.9. The van der Waals surface area contributed by atoms with Crippen molar-refractivity contribution in [1.29, 1.82) is 0 Å². The average Bonchev–Trinajstić information content (AvgIpc) is 2.19. The lowest BCUT2D eigenvalue weighted by Crippen LogP contribution is -2.17. The number of rotatable bonds is 1. The van der Waals surface area contributed by atoms with E-state index in [-0.39, 0.29) is 6.04 Å². The molecule has 1 aliphatic carbocycles. The summed E-state index contributed by atoms with van der Waals surface area (Å²) in [6.07, 6.45) is 3.39. The Labute approximate surface area is 92.6 Å². The van der Waals surface area contributed by atoms with Gasteiger partial charge in [0.2, 0.25) is 0 Å². The van der Waals surface area contributed by atoms with Crippen LogP contribution in [-0.4, -0.2) is 7.11 Å². The summed E-state index contributed by atoms with van der Waals surface area (Å²) < 4.78 is 6.25. The van der Waals surface area contributed by atoms with Crippen LogP contribution in [-0.2, 0) is 6.42 Å². The second kappa shape index (κ2) is 3.91. The van der Waals surface area contributed by atoms with Crippen LogP contribution in [0.3, 0.4) is 0 Å². The summed E-state index contributed by atoms with van der Waals surface area (Å²) in [5.41, 5.74) is 8.65. The number of ether oxygens (including phenoxy) is 1. The molecule has 0 aromatic heterocycles. The number of nitrogens with two attached hydrogens (primary N) is 1. The largest absolute Gasteiger partial charge is 0.496 e. The lowest BCUT2D eigenvalue weighted by atomic mass is 9.88. The summed E-state index contributed by atoms with van der Waals surface area (Å²) >= 11 is 3.48. The first kappa shape index (κ1) is 9.99. The minimum absolute atomic E-state index is 0.195. The van der Waals surface area contributed by atoms with Crippen molar-refractivity contribution in [3.8, 4) is 5.75 Å². The van der Waals surface area contributed by atoms with Gasteiger partial charge >= 0.3 is 0 Å². The van der Waals surface area contributed by atoms with Crippen molar-refractivity contribution in [3.05, 3.63) is 27.7 Å². The zero-order valence-corrected chi connectivity index (χ0v) is 9.80. The molecule has 1 atom stereocenters. The molecule has 0 saturated heterocycles. The molecule has 0 radical (unpaired) electrons. The maximum atomic E-state index is 6.05. The van der Waals surface area contributed by atoms with E-state index in [0.29, 0.717) is 0 Å². The van der Waals surface area contributed by atoms with Gasteiger partial charge in [-0.25, -0.2) is 0 Å². The van der Waals surface area contributed by atoms with Gasteiger partial charge in [0.15, 0.2) is 0 Å². The zero-order valence-electron chi connectivity index (χ0n) is 8.22. The Morgan fingerprint density at radius 3 is 3.00 bits per heavy atom. The fourth-order valence-corrected chi connectivity index (χ4v) is 2.52. The topological polar surface area (TPSA) is 35.2 Å². The molecule has 0 heterocycles. The van der Waals surface area contributed by atoms with Crippen molar-refractivity contribution in [2.75, 3.05) is 7.11 Å². The van der Waals surface area contributed by atoms with Gasteiger partial charge in [0.1, 0.15) is 5.75 Å². The molecular formula is C11H14BrNO. The van der Waals surface area contributed by atoms with Crippen molar-refractivity contribution in [2.24, 2.45) is 5.73 Å². The molecule has 0 unspecified atom stereocenters. The van der Waals surface area contributed by atoms with Gasteiger partial charge in [0.05, 0.1) is 11.6 Å². The third kappa shape index (κ3) is 1.66. The van der Waals surface area contributed by atoms with Gasteiger partial charge in [0.25, 0.3) is 0 Å². The molecule has 2 N–H and O–H groups in total. The van der Waals surface area contributed by atoms with Crippen LogP contribution in [0, 0.1) is 0 Å². The summed E-state index contributed by atoms with van der Waals surface area (Å²) in [6.45, 7) is 0. The number of aryl methyl sites for hydroxylation is 1. The Morgan fingerprint density at radius 1 is 1.50 bits per heavy atom. The van der Waals surface area contributed by atoms with Crippen molar-refractivity contribution in [1.82, 2.24) is 0 Å². The van der Waals surface area contributed by atoms with E-state index in [1.807, 2.05) is 0 Å². The molecule has 0 aliphatic heterocycles. The molecular weight excluding hydrogens is 242 g/mol. The summed E-state index contributed by atoms with van der Waals surface area (Å²) in [5.74, 6) is 0.901. The summed E-state index contributed by atoms with van der Waals surface area (Å²) in [7, 11) is 1.69. The van der Waals surface area contributed by atoms with E-state index in [0.717, 1.165) is 23.1 Å². The monoisotopic (exact) mass is 255 g/mol. The Bertz CT molecular complexity index is 351. The molecule has 0 spiro atoms. The highest BCUT2D eigenvalue weighted by Crippen LogP contribution is 2.35. The molecule has 2 rings (SSSR count). The van der Waals surface area contributed by atoms with Crippen LogP contribution in [0.25, 0.3) is 0 Å². The van der Waals surface area contributed by atoms with Crippen molar-refractivity contribution >= 4 is 15.9 Å². The van der Waals surface area contributed by atoms with Crippen LogP contribution >= 0.6 is 15.9 Å². The molecule has 1 aliphatic rings. The van der Waals surface area contributed by atoms with Crippen LogP contribution < -0.4 is 10.5 Å². The highest BCUT2D eigenvalue weighted by molar-refractivity contribution is 9.10. The van der Waals surface area contributed by atoms with Gasteiger partial charge in [-0.15, -0.1) is 0 Å². The maximum Gasteiger partial charge on any atom is 0.133 e. The van der Waals surface area contributed by atoms with E-state index >= 15 is 0 Å². The molecule has 1 aromatic carbocycles. The third-order valence-corrected chi connectivity index (χ3v) is 3.39. The van der Waals surface area contributed by atoms with Gasteiger partial charge < -0.3 is 10.5 Å². The number of benzene rings is 1. The first-order valence-corrected chi connectivity index (χ1v) is 5.63. The predicted octanol–water partition coefficient (Wildman–Crippen LogP) is 2.79. The summed E-state index contributed by atoms with van der Waals surface area (Å²) in [4.78, 5) is 0. The quantitative estimate of drug-likeness (QED) is 0.838. The van der Waals surface area contributed by atoms with E-state index in [1.54, 1.807) is 7.11 Å². The molecule has 14 heavy (non-hydrogen) atoms. The van der Waals surface area contributed by atoms with Crippen LogP contribution in [0.5, 0.6) is 5.75 Å². The summed E-state index contributed by atoms with van der Waals surface area (Å²) in [6, 6.07) is 4.39. The van der Waals surface area contributed by atoms with Gasteiger partial charge in [-0.3, -0.25) is 0 Å². The third-order valence-electron chi connectivity index (χ3n) is 2.77. The fraction of sp³-hybridized carbons (Fsp3) is 0.455. The van der Waals surface area contributed by atoms with Crippen molar-refractivity contribution in [2.45, 2.75) is 25.3 Å². The first-order valence-electron chi connectivity index (χ1n) is 4.84. The molecule has 1 aromatic rings. The van der Waals surface area contributed by atoms with Gasteiger partial charge in [-0.05, 0) is 58.5 Å². The minimum atomic E-state index is 0.195. The lowest BCUT2D eigenvalue weighted by Gasteiger charge is -2.23. The van der Waals surface area contributed by atoms with Crippen LogP contribution in [0.1, 0.15) is 30.0 Å². The number of fused-ring (bicyclic) bond motifs is 1. The fourth-order valence-electron chi connectivity index (χ4n) is 2.00. The zero-order chi connectivity index (χ0) is 10.1. The Balaban J connectivity index is 2.48. The van der Waals surface area contributed by atoms with Gasteiger partial charge in [-0.1, -0.05) is 0 Å². The SMILES string of the molecule is COc1cc2c(cc1Br)[C@@H](N)CCC2. The standard InChI is InChI=1S/C11H14BrNO/c1-14-11-5-7-3-2-4-10(13)8(7)6-9(11)12/h5-6,10H,2-4,13H2,1H3/t10-/m0/s1. The number of methoxy groups -OCH3 is 1. The molecule has 0 saturated carbocycles. The van der Waals surface area contributed by atoms with E-state index in [4.69, 9.17) is 10.5 Å². The Hall–Kier alpha value is -0.540. The van der Waals surface area contributed by atoms with Crippen LogP contribution in [0.2, 0.25) is 0 Å². The molecule has 2 nitrogen and oxygen atoms in total. The molecule has 0 bridgehead atoms. The van der Waals surface area contributed by atoms with E-state index in [1.165, 1.54) is 17.5 Å². The van der Waals surface area contributed by atoms with E-state index in [9.17, 15) is 0 Å². The van der Waals surface area contributed by atoms with E-state index < -0.39 is 0 Å². The normalized spacial score (nSPS) is 20.4. The first-order chi connectivity index (χ1) is 6.72. The Morgan fingerprint density at radius 2 is 2.29 bits per heavy atom. The summed E-state index contributed by atoms with van der Waals surface area (Å²) in [5, 5.41) is 0. The average molecular weight is 256 g/mol. The second-order valence-electron chi connectivity index (χ2n) is 3.68. The Kier molecular flexibility index (Phi) is 2.79. The van der Waals surface area contributed by atoms with Crippen molar-refractivity contribution < 1.29 is 4.74 Å². The number of hydrogen-bond acceptors (Lipinski definition) is 2. The van der Waals surface area contributed by atoms with Gasteiger partial charge in [-0.2, -0.15) is 0 Å². The smallest absolute Gasteiger partial charge is 0.133 e. The molecule has 0 amide bonds. The number of hydrogen-bond donors (Lipinski definition) is 1. The maximum absolute atomic E-state index is 6.05. The van der Waals surface area contributed by atoms with E-state index in [2.05, 4.69) is 28.1 Å². The molecule has 0 fully saturated rings.